The molecule has 0 aliphatic rings. The van der Waals surface area contributed by atoms with E-state index in [1.807, 2.05) is 37.3 Å². The molecule has 98 valence electrons. The summed E-state index contributed by atoms with van der Waals surface area (Å²) in [7, 11) is 0. The number of amides is 1. The summed E-state index contributed by atoms with van der Waals surface area (Å²) in [5, 5.41) is 11.0. The van der Waals surface area contributed by atoms with Crippen LogP contribution in [0.4, 0.5) is 0 Å². The van der Waals surface area contributed by atoms with Gasteiger partial charge < -0.3 is 15.2 Å². The summed E-state index contributed by atoms with van der Waals surface area (Å²) < 4.78 is 4.82. The molecule has 0 saturated carbocycles. The highest BCUT2D eigenvalue weighted by molar-refractivity contribution is 5.83. The SMILES string of the molecule is C[C@H](C(=O)NCCOCC(=O)O)c1ccccc1. The van der Waals surface area contributed by atoms with E-state index in [4.69, 9.17) is 9.84 Å². The van der Waals surface area contributed by atoms with Crippen LogP contribution in [0.15, 0.2) is 30.3 Å². The Morgan fingerprint density at radius 3 is 2.61 bits per heavy atom. The Balaban J connectivity index is 2.26. The fraction of sp³-hybridized carbons (Fsp3) is 0.385. The number of hydrogen-bond acceptors (Lipinski definition) is 3. The lowest BCUT2D eigenvalue weighted by atomic mass is 10.0. The van der Waals surface area contributed by atoms with E-state index in [9.17, 15) is 9.59 Å². The molecule has 0 aliphatic heterocycles. The number of nitrogens with one attached hydrogen (secondary N) is 1. The van der Waals surface area contributed by atoms with Gasteiger partial charge in [-0.3, -0.25) is 4.79 Å². The average Bonchev–Trinajstić information content (AvgIpc) is 2.38. The number of aliphatic carboxylic acids is 1. The number of carboxylic acid groups (broad SMARTS) is 1. The van der Waals surface area contributed by atoms with Gasteiger partial charge in [0.15, 0.2) is 0 Å². The molecule has 0 radical (unpaired) electrons. The van der Waals surface area contributed by atoms with E-state index < -0.39 is 5.97 Å². The molecule has 1 rings (SSSR count). The number of carboxylic acids is 1. The quantitative estimate of drug-likeness (QED) is 0.709. The monoisotopic (exact) mass is 251 g/mol. The molecule has 1 aromatic carbocycles. The Kier molecular flexibility index (Phi) is 5.87. The Bertz CT molecular complexity index is 391. The second-order valence-electron chi connectivity index (χ2n) is 3.87. The molecule has 1 amide bonds. The summed E-state index contributed by atoms with van der Waals surface area (Å²) in [5.74, 6) is -1.34. The van der Waals surface area contributed by atoms with Crippen molar-refractivity contribution in [1.29, 1.82) is 0 Å². The van der Waals surface area contributed by atoms with Crippen molar-refractivity contribution in [2.45, 2.75) is 12.8 Å². The first-order valence-corrected chi connectivity index (χ1v) is 5.73. The summed E-state index contributed by atoms with van der Waals surface area (Å²) >= 11 is 0. The van der Waals surface area contributed by atoms with Gasteiger partial charge in [-0.25, -0.2) is 4.79 Å². The molecule has 0 fully saturated rings. The van der Waals surface area contributed by atoms with Crippen LogP contribution >= 0.6 is 0 Å². The van der Waals surface area contributed by atoms with Gasteiger partial charge in [0.2, 0.25) is 5.91 Å². The fourth-order valence-corrected chi connectivity index (χ4v) is 1.45. The highest BCUT2D eigenvalue weighted by atomic mass is 16.5. The van der Waals surface area contributed by atoms with E-state index >= 15 is 0 Å². The lowest BCUT2D eigenvalue weighted by molar-refractivity contribution is -0.142. The fourth-order valence-electron chi connectivity index (χ4n) is 1.45. The molecule has 5 heteroatoms. The van der Waals surface area contributed by atoms with E-state index in [2.05, 4.69) is 5.32 Å². The van der Waals surface area contributed by atoms with E-state index in [0.717, 1.165) is 5.56 Å². The zero-order valence-electron chi connectivity index (χ0n) is 10.3. The predicted molar refractivity (Wildman–Crippen MR) is 66.3 cm³/mol. The maximum absolute atomic E-state index is 11.8. The molecule has 1 atom stereocenters. The van der Waals surface area contributed by atoms with Crippen molar-refractivity contribution in [3.8, 4) is 0 Å². The summed E-state index contributed by atoms with van der Waals surface area (Å²) in [6, 6.07) is 9.45. The molecule has 1 aromatic rings. The van der Waals surface area contributed by atoms with Gasteiger partial charge in [-0.05, 0) is 12.5 Å². The first-order valence-electron chi connectivity index (χ1n) is 5.73. The van der Waals surface area contributed by atoms with Crippen molar-refractivity contribution in [1.82, 2.24) is 5.32 Å². The number of ether oxygens (including phenoxy) is 1. The second kappa shape index (κ2) is 7.45. The number of benzene rings is 1. The van der Waals surface area contributed by atoms with Crippen LogP contribution in [-0.4, -0.2) is 36.7 Å². The van der Waals surface area contributed by atoms with Crippen LogP contribution in [0.1, 0.15) is 18.4 Å². The van der Waals surface area contributed by atoms with Gasteiger partial charge in [-0.15, -0.1) is 0 Å². The first kappa shape index (κ1) is 14.2. The molecule has 5 nitrogen and oxygen atoms in total. The zero-order chi connectivity index (χ0) is 13.4. The van der Waals surface area contributed by atoms with E-state index in [1.54, 1.807) is 0 Å². The highest BCUT2D eigenvalue weighted by Crippen LogP contribution is 2.13. The highest BCUT2D eigenvalue weighted by Gasteiger charge is 2.13. The maximum Gasteiger partial charge on any atom is 0.329 e. The average molecular weight is 251 g/mol. The molecule has 0 aromatic heterocycles. The van der Waals surface area contributed by atoms with Gasteiger partial charge in [0, 0.05) is 6.54 Å². The second-order valence-corrected chi connectivity index (χ2v) is 3.87. The van der Waals surface area contributed by atoms with Crippen molar-refractivity contribution in [2.75, 3.05) is 19.8 Å². The molecular formula is C13H17NO4. The molecule has 0 bridgehead atoms. The van der Waals surface area contributed by atoms with Gasteiger partial charge in [-0.1, -0.05) is 30.3 Å². The molecule has 0 spiro atoms. The van der Waals surface area contributed by atoms with Crippen LogP contribution < -0.4 is 5.32 Å². The normalized spacial score (nSPS) is 11.8. The van der Waals surface area contributed by atoms with Crippen molar-refractivity contribution in [2.24, 2.45) is 0 Å². The van der Waals surface area contributed by atoms with Gasteiger partial charge >= 0.3 is 5.97 Å². The zero-order valence-corrected chi connectivity index (χ0v) is 10.3. The smallest absolute Gasteiger partial charge is 0.329 e. The lowest BCUT2D eigenvalue weighted by Crippen LogP contribution is -2.31. The van der Waals surface area contributed by atoms with E-state index in [1.165, 1.54) is 0 Å². The molecule has 2 N–H and O–H groups in total. The Hall–Kier alpha value is -1.88. The van der Waals surface area contributed by atoms with Crippen LogP contribution in [0.25, 0.3) is 0 Å². The van der Waals surface area contributed by atoms with Crippen molar-refractivity contribution in [3.63, 3.8) is 0 Å². The van der Waals surface area contributed by atoms with Crippen LogP contribution in [0, 0.1) is 0 Å². The standard InChI is InChI=1S/C13H17NO4/c1-10(11-5-3-2-4-6-11)13(17)14-7-8-18-9-12(15)16/h2-6,10H,7-9H2,1H3,(H,14,17)(H,15,16)/t10-/m0/s1. The Morgan fingerprint density at radius 1 is 1.33 bits per heavy atom. The number of carbonyl (C=O) groups excluding carboxylic acids is 1. The summed E-state index contributed by atoms with van der Waals surface area (Å²) in [6.45, 7) is 1.98. The molecule has 0 unspecified atom stereocenters. The van der Waals surface area contributed by atoms with Gasteiger partial charge in [0.25, 0.3) is 0 Å². The minimum Gasteiger partial charge on any atom is -0.480 e. The largest absolute Gasteiger partial charge is 0.480 e. The molecule has 0 aliphatic carbocycles. The molecule has 0 saturated heterocycles. The first-order chi connectivity index (χ1) is 8.61. The number of carbonyl (C=O) groups is 2. The van der Waals surface area contributed by atoms with Crippen LogP contribution in [0.5, 0.6) is 0 Å². The van der Waals surface area contributed by atoms with Crippen molar-refractivity contribution < 1.29 is 19.4 Å². The van der Waals surface area contributed by atoms with Crippen LogP contribution in [-0.2, 0) is 14.3 Å². The molecule has 18 heavy (non-hydrogen) atoms. The third-order valence-electron chi connectivity index (χ3n) is 2.46. The van der Waals surface area contributed by atoms with Gasteiger partial charge in [0.1, 0.15) is 6.61 Å². The molecule has 0 heterocycles. The third-order valence-corrected chi connectivity index (χ3v) is 2.46. The third kappa shape index (κ3) is 4.97. The minimum atomic E-state index is -1.01. The van der Waals surface area contributed by atoms with Crippen molar-refractivity contribution in [3.05, 3.63) is 35.9 Å². The molecular weight excluding hydrogens is 234 g/mol. The minimum absolute atomic E-state index is 0.0971. The topological polar surface area (TPSA) is 75.6 Å². The summed E-state index contributed by atoms with van der Waals surface area (Å²) in [4.78, 5) is 21.9. The van der Waals surface area contributed by atoms with E-state index in [0.29, 0.717) is 6.54 Å². The van der Waals surface area contributed by atoms with Crippen molar-refractivity contribution >= 4 is 11.9 Å². The predicted octanol–water partition coefficient (Wildman–Crippen LogP) is 1.01. The van der Waals surface area contributed by atoms with Gasteiger partial charge in [-0.2, -0.15) is 0 Å². The Morgan fingerprint density at radius 2 is 2.00 bits per heavy atom. The summed E-state index contributed by atoms with van der Waals surface area (Å²) in [5.41, 5.74) is 0.946. The van der Waals surface area contributed by atoms with E-state index in [-0.39, 0.29) is 25.0 Å². The Labute approximate surface area is 106 Å². The summed E-state index contributed by atoms with van der Waals surface area (Å²) in [6.07, 6.45) is 0. The lowest BCUT2D eigenvalue weighted by Gasteiger charge is -2.12. The van der Waals surface area contributed by atoms with Crippen LogP contribution in [0.2, 0.25) is 0 Å². The van der Waals surface area contributed by atoms with Gasteiger partial charge in [0.05, 0.1) is 12.5 Å². The van der Waals surface area contributed by atoms with Crippen LogP contribution in [0.3, 0.4) is 0 Å². The number of hydrogen-bond donors (Lipinski definition) is 2. The maximum atomic E-state index is 11.8. The number of rotatable bonds is 7.